The number of aliphatic hydroxyl groups excluding tert-OH is 1. The number of nitro groups is 1. The molecule has 2 N–H and O–H groups in total. The van der Waals surface area contributed by atoms with Crippen LogP contribution in [0.4, 0.5) is 17.1 Å². The molecule has 2 aromatic carbocycles. The SMILES string of the molecule is COCc1cc([N+](=O)[O-])c(Nc2ccc(CCO)cc2)cc1Cl. The van der Waals surface area contributed by atoms with Gasteiger partial charge in [-0.2, -0.15) is 0 Å². The predicted octanol–water partition coefficient (Wildman–Crippen LogP) is 3.67. The summed E-state index contributed by atoms with van der Waals surface area (Å²) in [7, 11) is 1.50. The molecular weight excluding hydrogens is 320 g/mol. The number of benzene rings is 2. The molecule has 0 heterocycles. The van der Waals surface area contributed by atoms with Crippen LogP contribution in [-0.2, 0) is 17.8 Å². The molecule has 6 nitrogen and oxygen atoms in total. The standard InChI is InChI=1S/C16H17ClN2O4/c1-23-10-12-8-16(19(21)22)15(9-14(12)17)18-13-4-2-11(3-5-13)6-7-20/h2-5,8-9,18,20H,6-7,10H2,1H3. The maximum Gasteiger partial charge on any atom is 0.293 e. The first kappa shape index (κ1) is 17.2. The highest BCUT2D eigenvalue weighted by molar-refractivity contribution is 6.31. The zero-order valence-electron chi connectivity index (χ0n) is 12.6. The van der Waals surface area contributed by atoms with E-state index in [1.165, 1.54) is 19.2 Å². The first-order valence-corrected chi connectivity index (χ1v) is 7.35. The second-order valence-corrected chi connectivity index (χ2v) is 5.35. The van der Waals surface area contributed by atoms with Gasteiger partial charge in [0.2, 0.25) is 0 Å². The van der Waals surface area contributed by atoms with Crippen LogP contribution >= 0.6 is 11.6 Å². The zero-order chi connectivity index (χ0) is 16.8. The molecular formula is C16H17ClN2O4. The Morgan fingerprint density at radius 2 is 2.00 bits per heavy atom. The van der Waals surface area contributed by atoms with Crippen LogP contribution in [0, 0.1) is 10.1 Å². The van der Waals surface area contributed by atoms with E-state index in [9.17, 15) is 10.1 Å². The van der Waals surface area contributed by atoms with Gasteiger partial charge in [0.25, 0.3) is 5.69 Å². The molecule has 0 spiro atoms. The summed E-state index contributed by atoms with van der Waals surface area (Å²) in [6.45, 7) is 0.282. The van der Waals surface area contributed by atoms with Gasteiger partial charge < -0.3 is 15.2 Å². The number of rotatable bonds is 7. The smallest absolute Gasteiger partial charge is 0.293 e. The van der Waals surface area contributed by atoms with E-state index < -0.39 is 4.92 Å². The average molecular weight is 337 g/mol. The lowest BCUT2D eigenvalue weighted by Gasteiger charge is -2.11. The molecule has 0 saturated carbocycles. The molecule has 23 heavy (non-hydrogen) atoms. The number of nitro benzene ring substituents is 1. The van der Waals surface area contributed by atoms with E-state index in [0.717, 1.165) is 5.56 Å². The van der Waals surface area contributed by atoms with Gasteiger partial charge in [-0.25, -0.2) is 0 Å². The molecule has 0 aliphatic rings. The van der Waals surface area contributed by atoms with Crippen molar-refractivity contribution in [2.24, 2.45) is 0 Å². The molecule has 0 fully saturated rings. The van der Waals surface area contributed by atoms with E-state index in [1.807, 2.05) is 12.1 Å². The fraction of sp³-hybridized carbons (Fsp3) is 0.250. The monoisotopic (exact) mass is 336 g/mol. The van der Waals surface area contributed by atoms with Gasteiger partial charge in [-0.3, -0.25) is 10.1 Å². The average Bonchev–Trinajstić information content (AvgIpc) is 2.52. The summed E-state index contributed by atoms with van der Waals surface area (Å²) < 4.78 is 4.99. The summed E-state index contributed by atoms with van der Waals surface area (Å²) in [6.07, 6.45) is 0.567. The number of hydrogen-bond donors (Lipinski definition) is 2. The lowest BCUT2D eigenvalue weighted by Crippen LogP contribution is -2.00. The number of aliphatic hydroxyl groups is 1. The second kappa shape index (κ2) is 7.92. The Kier molecular flexibility index (Phi) is 5.92. The second-order valence-electron chi connectivity index (χ2n) is 4.95. The molecule has 122 valence electrons. The van der Waals surface area contributed by atoms with Gasteiger partial charge in [-0.15, -0.1) is 0 Å². The number of nitrogens with one attached hydrogen (secondary N) is 1. The van der Waals surface area contributed by atoms with Gasteiger partial charge in [0, 0.05) is 36.1 Å². The maximum atomic E-state index is 11.3. The van der Waals surface area contributed by atoms with Gasteiger partial charge in [-0.1, -0.05) is 23.7 Å². The van der Waals surface area contributed by atoms with E-state index in [0.29, 0.717) is 28.4 Å². The normalized spacial score (nSPS) is 10.6. The van der Waals surface area contributed by atoms with Crippen LogP contribution in [0.3, 0.4) is 0 Å². The molecule has 2 aromatic rings. The highest BCUT2D eigenvalue weighted by Gasteiger charge is 2.18. The summed E-state index contributed by atoms with van der Waals surface area (Å²) >= 11 is 6.15. The fourth-order valence-corrected chi connectivity index (χ4v) is 2.38. The number of halogens is 1. The highest BCUT2D eigenvalue weighted by atomic mass is 35.5. The molecule has 0 aliphatic carbocycles. The van der Waals surface area contributed by atoms with Gasteiger partial charge in [-0.05, 0) is 30.2 Å². The van der Waals surface area contributed by atoms with Crippen LogP contribution in [0.15, 0.2) is 36.4 Å². The number of anilines is 2. The Morgan fingerprint density at radius 1 is 1.30 bits per heavy atom. The Labute approximate surface area is 138 Å². The molecule has 0 saturated heterocycles. The van der Waals surface area contributed by atoms with Crippen LogP contribution < -0.4 is 5.32 Å². The first-order valence-electron chi connectivity index (χ1n) is 6.97. The van der Waals surface area contributed by atoms with Crippen molar-refractivity contribution in [3.8, 4) is 0 Å². The third kappa shape index (κ3) is 4.41. The van der Waals surface area contributed by atoms with Gasteiger partial charge in [0.1, 0.15) is 5.69 Å². The molecule has 0 atom stereocenters. The molecule has 0 radical (unpaired) electrons. The molecule has 0 amide bonds. The van der Waals surface area contributed by atoms with Crippen LogP contribution in [-0.4, -0.2) is 23.7 Å². The number of methoxy groups -OCH3 is 1. The lowest BCUT2D eigenvalue weighted by atomic mass is 10.1. The van der Waals surface area contributed by atoms with E-state index >= 15 is 0 Å². The van der Waals surface area contributed by atoms with Crippen molar-refractivity contribution < 1.29 is 14.8 Å². The van der Waals surface area contributed by atoms with Crippen molar-refractivity contribution in [2.75, 3.05) is 19.0 Å². The quantitative estimate of drug-likeness (QED) is 0.595. The predicted molar refractivity (Wildman–Crippen MR) is 89.3 cm³/mol. The minimum absolute atomic E-state index is 0.0686. The summed E-state index contributed by atoms with van der Waals surface area (Å²) in [5, 5.41) is 23.6. The lowest BCUT2D eigenvalue weighted by molar-refractivity contribution is -0.384. The van der Waals surface area contributed by atoms with E-state index in [1.54, 1.807) is 12.1 Å². The Hall–Kier alpha value is -2.15. The Morgan fingerprint density at radius 3 is 2.57 bits per heavy atom. The Bertz CT molecular complexity index is 689. The summed E-state index contributed by atoms with van der Waals surface area (Å²) in [6, 6.07) is 10.2. The minimum Gasteiger partial charge on any atom is -0.396 e. The van der Waals surface area contributed by atoms with Crippen molar-refractivity contribution in [3.63, 3.8) is 0 Å². The van der Waals surface area contributed by atoms with E-state index in [2.05, 4.69) is 5.32 Å². The molecule has 7 heteroatoms. The molecule has 0 aliphatic heterocycles. The molecule has 2 rings (SSSR count). The van der Waals surface area contributed by atoms with Crippen molar-refractivity contribution in [1.82, 2.24) is 0 Å². The van der Waals surface area contributed by atoms with Gasteiger partial charge in [0.05, 0.1) is 11.5 Å². The van der Waals surface area contributed by atoms with E-state index in [4.69, 9.17) is 21.4 Å². The van der Waals surface area contributed by atoms with Crippen molar-refractivity contribution in [2.45, 2.75) is 13.0 Å². The van der Waals surface area contributed by atoms with Crippen LogP contribution in [0.1, 0.15) is 11.1 Å². The number of hydrogen-bond acceptors (Lipinski definition) is 5. The third-order valence-corrected chi connectivity index (χ3v) is 3.65. The topological polar surface area (TPSA) is 84.6 Å². The van der Waals surface area contributed by atoms with Crippen molar-refractivity contribution in [3.05, 3.63) is 62.7 Å². The number of nitrogens with zero attached hydrogens (tertiary/aromatic N) is 1. The number of ether oxygens (including phenoxy) is 1. The van der Waals surface area contributed by atoms with Crippen molar-refractivity contribution >= 4 is 28.7 Å². The third-order valence-electron chi connectivity index (χ3n) is 3.29. The van der Waals surface area contributed by atoms with Crippen LogP contribution in [0.25, 0.3) is 0 Å². The molecule has 0 bridgehead atoms. The molecule has 0 aromatic heterocycles. The first-order chi connectivity index (χ1) is 11.0. The van der Waals surface area contributed by atoms with E-state index in [-0.39, 0.29) is 18.9 Å². The maximum absolute atomic E-state index is 11.3. The summed E-state index contributed by atoms with van der Waals surface area (Å²) in [5.41, 5.74) is 2.49. The van der Waals surface area contributed by atoms with Crippen LogP contribution in [0.2, 0.25) is 5.02 Å². The fourth-order valence-electron chi connectivity index (χ4n) is 2.16. The zero-order valence-corrected chi connectivity index (χ0v) is 13.3. The summed E-state index contributed by atoms with van der Waals surface area (Å²) in [4.78, 5) is 10.8. The molecule has 0 unspecified atom stereocenters. The summed E-state index contributed by atoms with van der Waals surface area (Å²) in [5.74, 6) is 0. The van der Waals surface area contributed by atoms with Crippen molar-refractivity contribution in [1.29, 1.82) is 0 Å². The minimum atomic E-state index is -0.460. The Balaban J connectivity index is 2.30. The largest absolute Gasteiger partial charge is 0.396 e. The van der Waals surface area contributed by atoms with Gasteiger partial charge in [0.15, 0.2) is 0 Å². The van der Waals surface area contributed by atoms with Crippen LogP contribution in [0.5, 0.6) is 0 Å². The van der Waals surface area contributed by atoms with Gasteiger partial charge >= 0.3 is 0 Å². The highest BCUT2D eigenvalue weighted by Crippen LogP contribution is 2.33.